The summed E-state index contributed by atoms with van der Waals surface area (Å²) in [7, 11) is 3.37. The van der Waals surface area contributed by atoms with Crippen molar-refractivity contribution in [1.82, 2.24) is 9.80 Å². The Morgan fingerprint density at radius 2 is 1.64 bits per heavy atom. The molecule has 0 saturated carbocycles. The van der Waals surface area contributed by atoms with Crippen LogP contribution >= 0.6 is 0 Å². The summed E-state index contributed by atoms with van der Waals surface area (Å²) < 4.78 is 19.9. The number of carbonyl (C=O) groups is 2. The molecular formula is C27H27FN2O3. The zero-order chi connectivity index (χ0) is 23.4. The third-order valence-corrected chi connectivity index (χ3v) is 6.21. The molecule has 0 bridgehead atoms. The van der Waals surface area contributed by atoms with E-state index in [1.54, 1.807) is 36.1 Å². The lowest BCUT2D eigenvalue weighted by Crippen LogP contribution is -2.36. The summed E-state index contributed by atoms with van der Waals surface area (Å²) in [4.78, 5) is 30.0. The third-order valence-electron chi connectivity index (χ3n) is 6.21. The summed E-state index contributed by atoms with van der Waals surface area (Å²) in [5.74, 6) is -1.08. The van der Waals surface area contributed by atoms with Gasteiger partial charge in [-0.05, 0) is 29.3 Å². The van der Waals surface area contributed by atoms with Crippen molar-refractivity contribution in [2.75, 3.05) is 27.2 Å². The first-order valence-electron chi connectivity index (χ1n) is 10.9. The van der Waals surface area contributed by atoms with Crippen molar-refractivity contribution >= 4 is 11.8 Å². The molecule has 1 aliphatic heterocycles. The predicted octanol–water partition coefficient (Wildman–Crippen LogP) is 4.35. The largest absolute Gasteiger partial charge is 0.496 e. The van der Waals surface area contributed by atoms with Crippen LogP contribution in [0.3, 0.4) is 0 Å². The summed E-state index contributed by atoms with van der Waals surface area (Å²) in [5.41, 5.74) is 1.91. The minimum atomic E-state index is -0.563. The number of ether oxygens (including phenoxy) is 1. The number of para-hydroxylation sites is 1. The average molecular weight is 447 g/mol. The van der Waals surface area contributed by atoms with E-state index in [0.29, 0.717) is 18.8 Å². The first-order valence-corrected chi connectivity index (χ1v) is 10.9. The molecule has 0 N–H and O–H groups in total. The Morgan fingerprint density at radius 1 is 0.970 bits per heavy atom. The van der Waals surface area contributed by atoms with Gasteiger partial charge in [-0.1, -0.05) is 60.7 Å². The number of methoxy groups -OCH3 is 1. The van der Waals surface area contributed by atoms with Crippen molar-refractivity contribution in [3.63, 3.8) is 0 Å². The SMILES string of the molecule is COc1ccccc1C1CN(C(=O)c2ccccc2F)CC1C(=O)N(C)Cc1ccccc1. The molecule has 1 saturated heterocycles. The number of nitrogens with zero attached hydrogens (tertiary/aromatic N) is 2. The molecule has 1 fully saturated rings. The quantitative estimate of drug-likeness (QED) is 0.566. The van der Waals surface area contributed by atoms with Gasteiger partial charge in [0.05, 0.1) is 18.6 Å². The molecule has 2 atom stereocenters. The van der Waals surface area contributed by atoms with Crippen molar-refractivity contribution in [3.8, 4) is 5.75 Å². The molecule has 2 unspecified atom stereocenters. The topological polar surface area (TPSA) is 49.9 Å². The second-order valence-corrected chi connectivity index (χ2v) is 8.32. The monoisotopic (exact) mass is 446 g/mol. The molecule has 3 aromatic rings. The van der Waals surface area contributed by atoms with E-state index in [1.165, 1.54) is 12.1 Å². The Morgan fingerprint density at radius 3 is 2.36 bits per heavy atom. The van der Waals surface area contributed by atoms with Crippen LogP contribution in [0.2, 0.25) is 0 Å². The van der Waals surface area contributed by atoms with Gasteiger partial charge in [-0.3, -0.25) is 9.59 Å². The highest BCUT2D eigenvalue weighted by molar-refractivity contribution is 5.95. The molecule has 170 valence electrons. The molecular weight excluding hydrogens is 419 g/mol. The lowest BCUT2D eigenvalue weighted by molar-refractivity contribution is -0.134. The Hall–Kier alpha value is -3.67. The normalized spacial score (nSPS) is 17.6. The fraction of sp³-hybridized carbons (Fsp3) is 0.259. The second-order valence-electron chi connectivity index (χ2n) is 8.32. The Kier molecular flexibility index (Phi) is 6.73. The summed E-state index contributed by atoms with van der Waals surface area (Å²) in [6, 6.07) is 23.3. The zero-order valence-corrected chi connectivity index (χ0v) is 18.8. The molecule has 0 radical (unpaired) electrons. The zero-order valence-electron chi connectivity index (χ0n) is 18.8. The van der Waals surface area contributed by atoms with Crippen LogP contribution in [0, 0.1) is 11.7 Å². The van der Waals surface area contributed by atoms with Crippen molar-refractivity contribution in [3.05, 3.63) is 101 Å². The van der Waals surface area contributed by atoms with Crippen molar-refractivity contribution in [1.29, 1.82) is 0 Å². The van der Waals surface area contributed by atoms with Gasteiger partial charge in [0.1, 0.15) is 11.6 Å². The summed E-state index contributed by atoms with van der Waals surface area (Å²) in [5, 5.41) is 0. The molecule has 0 aliphatic carbocycles. The van der Waals surface area contributed by atoms with Gasteiger partial charge in [-0.2, -0.15) is 0 Å². The van der Waals surface area contributed by atoms with Crippen LogP contribution in [0.4, 0.5) is 4.39 Å². The van der Waals surface area contributed by atoms with Crippen LogP contribution in [0.15, 0.2) is 78.9 Å². The smallest absolute Gasteiger partial charge is 0.256 e. The molecule has 6 heteroatoms. The maximum absolute atomic E-state index is 14.3. The number of benzene rings is 3. The van der Waals surface area contributed by atoms with Gasteiger partial charge in [-0.25, -0.2) is 4.39 Å². The van der Waals surface area contributed by atoms with Crippen LogP contribution in [0.25, 0.3) is 0 Å². The molecule has 3 aromatic carbocycles. The highest BCUT2D eigenvalue weighted by Crippen LogP contribution is 2.39. The van der Waals surface area contributed by atoms with E-state index in [9.17, 15) is 14.0 Å². The van der Waals surface area contributed by atoms with Gasteiger partial charge in [0.25, 0.3) is 5.91 Å². The number of carbonyl (C=O) groups excluding carboxylic acids is 2. The second kappa shape index (κ2) is 9.86. The average Bonchev–Trinajstić information content (AvgIpc) is 3.29. The lowest BCUT2D eigenvalue weighted by atomic mass is 9.87. The summed E-state index contributed by atoms with van der Waals surface area (Å²) >= 11 is 0. The van der Waals surface area contributed by atoms with Gasteiger partial charge >= 0.3 is 0 Å². The van der Waals surface area contributed by atoms with Crippen LogP contribution in [-0.2, 0) is 11.3 Å². The Bertz CT molecular complexity index is 1130. The fourth-order valence-electron chi connectivity index (χ4n) is 4.53. The van der Waals surface area contributed by atoms with Crippen LogP contribution < -0.4 is 4.74 Å². The van der Waals surface area contributed by atoms with Crippen molar-refractivity contribution < 1.29 is 18.7 Å². The van der Waals surface area contributed by atoms with Crippen LogP contribution in [-0.4, -0.2) is 48.9 Å². The summed E-state index contributed by atoms with van der Waals surface area (Å²) in [6.07, 6.45) is 0. The van der Waals surface area contributed by atoms with Gasteiger partial charge in [0, 0.05) is 32.6 Å². The van der Waals surface area contributed by atoms with E-state index in [4.69, 9.17) is 4.74 Å². The van der Waals surface area contributed by atoms with Gasteiger partial charge in [0.15, 0.2) is 0 Å². The molecule has 4 rings (SSSR count). The molecule has 33 heavy (non-hydrogen) atoms. The van der Waals surface area contributed by atoms with Crippen molar-refractivity contribution in [2.24, 2.45) is 5.92 Å². The molecule has 0 spiro atoms. The predicted molar refractivity (Wildman–Crippen MR) is 124 cm³/mol. The number of halogens is 1. The first kappa shape index (κ1) is 22.5. The molecule has 5 nitrogen and oxygen atoms in total. The lowest BCUT2D eigenvalue weighted by Gasteiger charge is -2.25. The fourth-order valence-corrected chi connectivity index (χ4v) is 4.53. The third kappa shape index (κ3) is 4.75. The molecule has 0 aromatic heterocycles. The number of hydrogen-bond donors (Lipinski definition) is 0. The molecule has 2 amide bonds. The highest BCUT2D eigenvalue weighted by Gasteiger charge is 2.43. The number of amides is 2. The van der Waals surface area contributed by atoms with Gasteiger partial charge < -0.3 is 14.5 Å². The summed E-state index contributed by atoms with van der Waals surface area (Å²) in [6.45, 7) is 0.993. The van der Waals surface area contributed by atoms with Crippen molar-refractivity contribution in [2.45, 2.75) is 12.5 Å². The standard InChI is InChI=1S/C27H27FN2O3/c1-29(16-19-10-4-3-5-11-19)26(31)23-18-30(27(32)21-13-6-8-14-24(21)28)17-22(23)20-12-7-9-15-25(20)33-2/h3-15,22-23H,16-18H2,1-2H3. The van der Waals surface area contributed by atoms with Crippen LogP contribution in [0.1, 0.15) is 27.4 Å². The number of rotatable bonds is 6. The maximum atomic E-state index is 14.3. The maximum Gasteiger partial charge on any atom is 0.256 e. The van der Waals surface area contributed by atoms with E-state index >= 15 is 0 Å². The van der Waals surface area contributed by atoms with E-state index in [-0.39, 0.29) is 23.9 Å². The number of hydrogen-bond acceptors (Lipinski definition) is 3. The minimum absolute atomic E-state index is 0.0158. The van der Waals surface area contributed by atoms with E-state index < -0.39 is 17.6 Å². The van der Waals surface area contributed by atoms with Gasteiger partial charge in [-0.15, -0.1) is 0 Å². The van der Waals surface area contributed by atoms with Crippen LogP contribution in [0.5, 0.6) is 5.75 Å². The van der Waals surface area contributed by atoms with E-state index in [0.717, 1.165) is 11.1 Å². The molecule has 1 aliphatic rings. The molecule has 1 heterocycles. The van der Waals surface area contributed by atoms with Gasteiger partial charge in [0.2, 0.25) is 5.91 Å². The van der Waals surface area contributed by atoms with E-state index in [2.05, 4.69) is 0 Å². The Labute approximate surface area is 193 Å². The number of likely N-dealkylation sites (tertiary alicyclic amines) is 1. The minimum Gasteiger partial charge on any atom is -0.496 e. The Balaban J connectivity index is 1.64. The first-order chi connectivity index (χ1) is 16.0. The van der Waals surface area contributed by atoms with E-state index in [1.807, 2.05) is 54.6 Å². The highest BCUT2D eigenvalue weighted by atomic mass is 19.1.